The number of aliphatic hydroxyl groups is 1. The number of nitrogens with one attached hydrogen (secondary N) is 1. The van der Waals surface area contributed by atoms with Gasteiger partial charge < -0.3 is 15.2 Å². The molecule has 0 aliphatic heterocycles. The van der Waals surface area contributed by atoms with Crippen LogP contribution in [0.3, 0.4) is 0 Å². The van der Waals surface area contributed by atoms with Gasteiger partial charge in [-0.3, -0.25) is 0 Å². The van der Waals surface area contributed by atoms with Gasteiger partial charge in [-0.05, 0) is 32.7 Å². The maximum atomic E-state index is 12.2. The van der Waals surface area contributed by atoms with Gasteiger partial charge in [-0.2, -0.15) is 26.3 Å². The summed E-state index contributed by atoms with van der Waals surface area (Å²) in [5.74, 6) is 0. The van der Waals surface area contributed by atoms with Crippen molar-refractivity contribution in [3.05, 3.63) is 0 Å². The lowest BCUT2D eigenvalue weighted by molar-refractivity contribution is -0.321. The topological polar surface area (TPSA) is 41.5 Å². The lowest BCUT2D eigenvalue weighted by Gasteiger charge is -2.28. The van der Waals surface area contributed by atoms with Gasteiger partial charge in [0, 0.05) is 12.1 Å². The van der Waals surface area contributed by atoms with Gasteiger partial charge in [0.25, 0.3) is 0 Å². The molecular weight excluding hydrogens is 304 g/mol. The Balaban J connectivity index is 4.19. The summed E-state index contributed by atoms with van der Waals surface area (Å²) in [6.45, 7) is 3.34. The summed E-state index contributed by atoms with van der Waals surface area (Å²) in [6.07, 6.45) is -13.9. The van der Waals surface area contributed by atoms with E-state index in [0.717, 1.165) is 0 Å². The van der Waals surface area contributed by atoms with Crippen LogP contribution in [0.2, 0.25) is 0 Å². The Morgan fingerprint density at radius 3 is 1.95 bits per heavy atom. The molecule has 128 valence electrons. The van der Waals surface area contributed by atoms with E-state index >= 15 is 0 Å². The fourth-order valence-corrected chi connectivity index (χ4v) is 1.84. The number of likely N-dealkylation sites (N-methyl/N-ethyl adjacent to an activating group) is 1. The predicted octanol–water partition coefficient (Wildman–Crippen LogP) is 3.03. The number of unbranched alkanes of at least 4 members (excludes halogenated alkanes) is 1. The number of hydrogen-bond acceptors (Lipinski definition) is 3. The van der Waals surface area contributed by atoms with Crippen LogP contribution < -0.4 is 5.32 Å². The van der Waals surface area contributed by atoms with Crippen molar-refractivity contribution >= 4 is 0 Å². The summed E-state index contributed by atoms with van der Waals surface area (Å²) in [4.78, 5) is 0. The van der Waals surface area contributed by atoms with Crippen molar-refractivity contribution in [2.24, 2.45) is 0 Å². The zero-order valence-electron chi connectivity index (χ0n) is 11.9. The second-order valence-electron chi connectivity index (χ2n) is 5.04. The normalized spacial score (nSPS) is 16.3. The minimum atomic E-state index is -5.47. The first-order chi connectivity index (χ1) is 9.46. The minimum Gasteiger partial charge on any atom is -0.394 e. The van der Waals surface area contributed by atoms with Crippen LogP contribution >= 0.6 is 0 Å². The zero-order valence-corrected chi connectivity index (χ0v) is 11.9. The molecule has 0 spiro atoms. The molecule has 0 saturated carbocycles. The maximum absolute atomic E-state index is 12.2. The third-order valence-corrected chi connectivity index (χ3v) is 2.95. The molecule has 0 aliphatic carbocycles. The third-order valence-electron chi connectivity index (χ3n) is 2.95. The number of rotatable bonds is 9. The molecular formula is C12H21F6NO2. The second-order valence-corrected chi connectivity index (χ2v) is 5.04. The van der Waals surface area contributed by atoms with E-state index in [2.05, 4.69) is 10.1 Å². The number of hydrogen-bond donors (Lipinski definition) is 2. The monoisotopic (exact) mass is 325 g/mol. The molecule has 0 saturated heterocycles. The molecule has 0 aromatic carbocycles. The van der Waals surface area contributed by atoms with Gasteiger partial charge in [0.1, 0.15) is 0 Å². The van der Waals surface area contributed by atoms with Crippen LogP contribution in [-0.4, -0.2) is 48.9 Å². The van der Waals surface area contributed by atoms with E-state index in [-0.39, 0.29) is 13.0 Å². The van der Waals surface area contributed by atoms with E-state index in [4.69, 9.17) is 0 Å². The first-order valence-electron chi connectivity index (χ1n) is 6.57. The number of alkyl halides is 6. The van der Waals surface area contributed by atoms with E-state index in [1.54, 1.807) is 6.92 Å². The van der Waals surface area contributed by atoms with Crippen molar-refractivity contribution in [1.29, 1.82) is 0 Å². The predicted molar refractivity (Wildman–Crippen MR) is 64.9 cm³/mol. The first-order valence-corrected chi connectivity index (χ1v) is 6.57. The van der Waals surface area contributed by atoms with Crippen molar-refractivity contribution in [3.8, 4) is 0 Å². The van der Waals surface area contributed by atoms with Gasteiger partial charge >= 0.3 is 12.4 Å². The molecule has 0 amide bonds. The highest BCUT2D eigenvalue weighted by molar-refractivity contribution is 4.81. The van der Waals surface area contributed by atoms with Crippen molar-refractivity contribution in [3.63, 3.8) is 0 Å². The van der Waals surface area contributed by atoms with E-state index in [9.17, 15) is 31.4 Å². The van der Waals surface area contributed by atoms with Crippen LogP contribution in [0, 0.1) is 0 Å². The van der Waals surface area contributed by atoms with E-state index < -0.39 is 30.6 Å². The fourth-order valence-electron chi connectivity index (χ4n) is 1.84. The van der Waals surface area contributed by atoms with Gasteiger partial charge in [-0.1, -0.05) is 6.92 Å². The highest BCUT2D eigenvalue weighted by atomic mass is 19.4. The Kier molecular flexibility index (Phi) is 7.98. The SMILES string of the molecule is CCNC(C)(CO)CCCCOC(C(F)(F)F)C(F)(F)F. The summed E-state index contributed by atoms with van der Waals surface area (Å²) in [6, 6.07) is 0. The van der Waals surface area contributed by atoms with Gasteiger partial charge in [0.2, 0.25) is 6.10 Å². The average Bonchev–Trinajstić information content (AvgIpc) is 2.30. The Bertz CT molecular complexity index is 280. The zero-order chi connectivity index (χ0) is 16.7. The number of halogens is 6. The summed E-state index contributed by atoms with van der Waals surface area (Å²) in [5, 5.41) is 12.2. The van der Waals surface area contributed by atoms with E-state index in [0.29, 0.717) is 19.4 Å². The minimum absolute atomic E-state index is 0.0453. The van der Waals surface area contributed by atoms with Crippen LogP contribution in [0.1, 0.15) is 33.1 Å². The first kappa shape index (κ1) is 20.5. The van der Waals surface area contributed by atoms with Crippen LogP contribution in [0.5, 0.6) is 0 Å². The number of aliphatic hydroxyl groups excluding tert-OH is 1. The molecule has 0 heterocycles. The summed E-state index contributed by atoms with van der Waals surface area (Å²) >= 11 is 0. The molecule has 3 nitrogen and oxygen atoms in total. The van der Waals surface area contributed by atoms with Crippen molar-refractivity contribution in [2.45, 2.75) is 57.1 Å². The van der Waals surface area contributed by atoms with Crippen molar-refractivity contribution in [1.82, 2.24) is 5.32 Å². The molecule has 0 aromatic heterocycles. The van der Waals surface area contributed by atoms with Gasteiger partial charge in [-0.15, -0.1) is 0 Å². The molecule has 0 aliphatic rings. The summed E-state index contributed by atoms with van der Waals surface area (Å²) in [5.41, 5.74) is -0.595. The molecule has 0 aromatic rings. The third kappa shape index (κ3) is 7.87. The standard InChI is InChI=1S/C12H21F6NO2/c1-3-19-10(2,8-20)6-4-5-7-21-9(11(13,14)15)12(16,17)18/h9,19-20H,3-8H2,1-2H3. The molecule has 1 atom stereocenters. The van der Waals surface area contributed by atoms with Gasteiger partial charge in [-0.25, -0.2) is 0 Å². The average molecular weight is 325 g/mol. The van der Waals surface area contributed by atoms with Gasteiger partial charge in [0.15, 0.2) is 0 Å². The Morgan fingerprint density at radius 1 is 1.05 bits per heavy atom. The second kappa shape index (κ2) is 8.19. The molecule has 0 fully saturated rings. The molecule has 1 unspecified atom stereocenters. The summed E-state index contributed by atoms with van der Waals surface area (Å²) < 4.78 is 77.0. The van der Waals surface area contributed by atoms with Crippen molar-refractivity contribution < 1.29 is 36.2 Å². The quantitative estimate of drug-likeness (QED) is 0.506. The molecule has 0 bridgehead atoms. The van der Waals surface area contributed by atoms with Crippen LogP contribution in [0.4, 0.5) is 26.3 Å². The van der Waals surface area contributed by atoms with E-state index in [1.165, 1.54) is 0 Å². The highest BCUT2D eigenvalue weighted by Crippen LogP contribution is 2.35. The molecule has 21 heavy (non-hydrogen) atoms. The lowest BCUT2D eigenvalue weighted by atomic mass is 9.96. The van der Waals surface area contributed by atoms with Crippen LogP contribution in [0.25, 0.3) is 0 Å². The molecule has 0 radical (unpaired) electrons. The van der Waals surface area contributed by atoms with Crippen LogP contribution in [-0.2, 0) is 4.74 Å². The highest BCUT2D eigenvalue weighted by Gasteiger charge is 2.57. The van der Waals surface area contributed by atoms with E-state index in [1.807, 2.05) is 6.92 Å². The fraction of sp³-hybridized carbons (Fsp3) is 1.00. The largest absolute Gasteiger partial charge is 0.423 e. The Labute approximate surface area is 119 Å². The Morgan fingerprint density at radius 2 is 1.57 bits per heavy atom. The number of ether oxygens (including phenoxy) is 1. The molecule has 9 heteroatoms. The molecule has 2 N–H and O–H groups in total. The smallest absolute Gasteiger partial charge is 0.394 e. The van der Waals surface area contributed by atoms with Crippen molar-refractivity contribution in [2.75, 3.05) is 19.8 Å². The molecule has 0 rings (SSSR count). The summed E-state index contributed by atoms with van der Waals surface area (Å²) in [7, 11) is 0. The lowest BCUT2D eigenvalue weighted by Crippen LogP contribution is -2.45. The maximum Gasteiger partial charge on any atom is 0.423 e. The van der Waals surface area contributed by atoms with Gasteiger partial charge in [0.05, 0.1) is 6.61 Å². The van der Waals surface area contributed by atoms with Crippen LogP contribution in [0.15, 0.2) is 0 Å². The Hall–Kier alpha value is -0.540.